The van der Waals surface area contributed by atoms with Crippen LogP contribution in [0.15, 0.2) is 30.3 Å². The van der Waals surface area contributed by atoms with E-state index in [0.29, 0.717) is 32.5 Å². The van der Waals surface area contributed by atoms with Gasteiger partial charge in [0, 0.05) is 31.9 Å². The van der Waals surface area contributed by atoms with Crippen molar-refractivity contribution in [3.63, 3.8) is 0 Å². The summed E-state index contributed by atoms with van der Waals surface area (Å²) in [5.41, 5.74) is -0.156. The highest BCUT2D eigenvalue weighted by Crippen LogP contribution is 2.31. The Labute approximate surface area is 159 Å². The molecule has 2 atom stereocenters. The number of amides is 3. The average molecular weight is 373 g/mol. The predicted octanol–water partition coefficient (Wildman–Crippen LogP) is 2.64. The highest BCUT2D eigenvalue weighted by atomic mass is 16.4. The number of anilines is 1. The van der Waals surface area contributed by atoms with Crippen LogP contribution < -0.4 is 5.32 Å². The van der Waals surface area contributed by atoms with E-state index >= 15 is 0 Å². The molecule has 0 saturated carbocycles. The van der Waals surface area contributed by atoms with Crippen molar-refractivity contribution >= 4 is 23.6 Å². The second kappa shape index (κ2) is 7.98. The number of hydrogen-bond donors (Lipinski definition) is 2. The summed E-state index contributed by atoms with van der Waals surface area (Å²) >= 11 is 0. The number of likely N-dealkylation sites (tertiary alicyclic amines) is 2. The first kappa shape index (κ1) is 19.2. The van der Waals surface area contributed by atoms with Crippen LogP contribution in [0.25, 0.3) is 0 Å². The van der Waals surface area contributed by atoms with Gasteiger partial charge in [-0.15, -0.1) is 0 Å². The number of rotatable bonds is 3. The number of benzene rings is 1. The summed E-state index contributed by atoms with van der Waals surface area (Å²) in [6.07, 6.45) is 2.78. The molecule has 3 amide bonds. The van der Waals surface area contributed by atoms with E-state index in [2.05, 4.69) is 5.32 Å². The molecular formula is C20H27N3O4. The Kier molecular flexibility index (Phi) is 5.68. The largest absolute Gasteiger partial charge is 0.481 e. The Hall–Kier alpha value is -2.57. The number of carboxylic acids is 1. The second-order valence-corrected chi connectivity index (χ2v) is 7.81. The maximum absolute atomic E-state index is 13.0. The van der Waals surface area contributed by atoms with E-state index < -0.39 is 11.4 Å². The first-order valence-corrected chi connectivity index (χ1v) is 9.52. The van der Waals surface area contributed by atoms with Crippen molar-refractivity contribution in [2.75, 3.05) is 31.5 Å². The molecule has 0 spiro atoms. The Morgan fingerprint density at radius 2 is 1.81 bits per heavy atom. The average Bonchev–Trinajstić information content (AvgIpc) is 2.68. The Bertz CT molecular complexity index is 708. The molecule has 7 heteroatoms. The van der Waals surface area contributed by atoms with E-state index in [0.717, 1.165) is 18.5 Å². The van der Waals surface area contributed by atoms with Gasteiger partial charge in [0.25, 0.3) is 0 Å². The lowest BCUT2D eigenvalue weighted by Gasteiger charge is -2.40. The molecule has 2 N–H and O–H groups in total. The standard InChI is InChI=1S/C20H27N3O4/c1-20(18(25)26)10-6-12-23(14-20)17(24)15-7-5-11-22(13-15)19(27)21-16-8-3-2-4-9-16/h2-4,8-9,15H,5-7,10-14H2,1H3,(H,21,27)(H,25,26). The number of aliphatic carboxylic acids is 1. The molecule has 1 aromatic carbocycles. The zero-order valence-corrected chi connectivity index (χ0v) is 15.7. The van der Waals surface area contributed by atoms with Gasteiger partial charge in [-0.25, -0.2) is 4.79 Å². The third-order valence-electron chi connectivity index (χ3n) is 5.61. The fraction of sp³-hybridized carbons (Fsp3) is 0.550. The molecule has 0 aliphatic carbocycles. The maximum atomic E-state index is 13.0. The first-order valence-electron chi connectivity index (χ1n) is 9.52. The van der Waals surface area contributed by atoms with Crippen LogP contribution in [0.2, 0.25) is 0 Å². The summed E-state index contributed by atoms with van der Waals surface area (Å²) in [5.74, 6) is -1.15. The minimum atomic E-state index is -0.882. The van der Waals surface area contributed by atoms with Crippen molar-refractivity contribution in [3.05, 3.63) is 30.3 Å². The van der Waals surface area contributed by atoms with Crippen LogP contribution in [0.4, 0.5) is 10.5 Å². The summed E-state index contributed by atoms with van der Waals surface area (Å²) < 4.78 is 0. The molecule has 2 saturated heterocycles. The van der Waals surface area contributed by atoms with Gasteiger partial charge < -0.3 is 20.2 Å². The summed E-state index contributed by atoms with van der Waals surface area (Å²) in [6.45, 7) is 3.53. The smallest absolute Gasteiger partial charge is 0.321 e. The van der Waals surface area contributed by atoms with Crippen molar-refractivity contribution in [2.45, 2.75) is 32.6 Å². The van der Waals surface area contributed by atoms with Crippen LogP contribution in [0.5, 0.6) is 0 Å². The van der Waals surface area contributed by atoms with Crippen LogP contribution in [0.1, 0.15) is 32.6 Å². The summed E-state index contributed by atoms with van der Waals surface area (Å²) in [4.78, 5) is 40.4. The molecule has 1 aromatic rings. The summed E-state index contributed by atoms with van der Waals surface area (Å²) in [7, 11) is 0. The van der Waals surface area contributed by atoms with Crippen molar-refractivity contribution < 1.29 is 19.5 Å². The number of carboxylic acid groups (broad SMARTS) is 1. The quantitative estimate of drug-likeness (QED) is 0.852. The zero-order valence-electron chi connectivity index (χ0n) is 15.7. The summed E-state index contributed by atoms with van der Waals surface area (Å²) in [5, 5.41) is 12.3. The number of hydrogen-bond acceptors (Lipinski definition) is 3. The van der Waals surface area contributed by atoms with Gasteiger partial charge >= 0.3 is 12.0 Å². The Morgan fingerprint density at radius 3 is 2.52 bits per heavy atom. The maximum Gasteiger partial charge on any atom is 0.321 e. The molecule has 2 unspecified atom stereocenters. The molecule has 2 heterocycles. The number of urea groups is 1. The van der Waals surface area contributed by atoms with E-state index in [1.807, 2.05) is 30.3 Å². The van der Waals surface area contributed by atoms with Crippen LogP contribution in [0.3, 0.4) is 0 Å². The SMILES string of the molecule is CC1(C(=O)O)CCCN(C(=O)C2CCCN(C(=O)Nc3ccccc3)C2)C1. The van der Waals surface area contributed by atoms with Gasteiger partial charge in [0.15, 0.2) is 0 Å². The normalized spacial score (nSPS) is 25.7. The molecule has 0 aromatic heterocycles. The minimum absolute atomic E-state index is 0.0283. The third-order valence-corrected chi connectivity index (χ3v) is 5.61. The first-order chi connectivity index (χ1) is 12.9. The topological polar surface area (TPSA) is 90.0 Å². The van der Waals surface area contributed by atoms with Gasteiger partial charge in [-0.3, -0.25) is 9.59 Å². The molecule has 2 fully saturated rings. The van der Waals surface area contributed by atoms with Gasteiger partial charge in [0.2, 0.25) is 5.91 Å². The van der Waals surface area contributed by atoms with Crippen LogP contribution in [-0.2, 0) is 9.59 Å². The van der Waals surface area contributed by atoms with E-state index in [1.54, 1.807) is 16.7 Å². The lowest BCUT2D eigenvalue weighted by Crippen LogP contribution is -2.53. The molecular weight excluding hydrogens is 346 g/mol. The fourth-order valence-corrected chi connectivity index (χ4v) is 3.95. The van der Waals surface area contributed by atoms with E-state index in [-0.39, 0.29) is 24.4 Å². The van der Waals surface area contributed by atoms with Crippen molar-refractivity contribution in [3.8, 4) is 0 Å². The molecule has 7 nitrogen and oxygen atoms in total. The molecule has 0 radical (unpaired) electrons. The fourth-order valence-electron chi connectivity index (χ4n) is 3.95. The highest BCUT2D eigenvalue weighted by Gasteiger charge is 2.41. The third kappa shape index (κ3) is 4.40. The number of carbonyl (C=O) groups is 3. The van der Waals surface area contributed by atoms with Crippen LogP contribution >= 0.6 is 0 Å². The Balaban J connectivity index is 1.61. The van der Waals surface area contributed by atoms with E-state index in [9.17, 15) is 19.5 Å². The van der Waals surface area contributed by atoms with E-state index in [4.69, 9.17) is 0 Å². The lowest BCUT2D eigenvalue weighted by molar-refractivity contribution is -0.154. The minimum Gasteiger partial charge on any atom is -0.481 e. The number of carbonyl (C=O) groups excluding carboxylic acids is 2. The highest BCUT2D eigenvalue weighted by molar-refractivity contribution is 5.90. The molecule has 2 aliphatic heterocycles. The van der Waals surface area contributed by atoms with Crippen molar-refractivity contribution in [1.82, 2.24) is 9.80 Å². The summed E-state index contributed by atoms with van der Waals surface area (Å²) in [6, 6.07) is 9.04. The molecule has 3 rings (SSSR count). The monoisotopic (exact) mass is 373 g/mol. The zero-order chi connectivity index (χ0) is 19.4. The number of piperidine rings is 2. The van der Waals surface area contributed by atoms with Gasteiger partial charge in [-0.1, -0.05) is 18.2 Å². The molecule has 0 bridgehead atoms. The van der Waals surface area contributed by atoms with E-state index in [1.165, 1.54) is 0 Å². The predicted molar refractivity (Wildman–Crippen MR) is 101 cm³/mol. The molecule has 27 heavy (non-hydrogen) atoms. The van der Waals surface area contributed by atoms with Gasteiger partial charge in [-0.05, 0) is 44.7 Å². The van der Waals surface area contributed by atoms with Crippen molar-refractivity contribution in [2.24, 2.45) is 11.3 Å². The Morgan fingerprint density at radius 1 is 1.11 bits per heavy atom. The van der Waals surface area contributed by atoms with Crippen LogP contribution in [0, 0.1) is 11.3 Å². The van der Waals surface area contributed by atoms with Crippen LogP contribution in [-0.4, -0.2) is 59.0 Å². The van der Waals surface area contributed by atoms with Gasteiger partial charge in [0.1, 0.15) is 0 Å². The van der Waals surface area contributed by atoms with Gasteiger partial charge in [-0.2, -0.15) is 0 Å². The molecule has 146 valence electrons. The van der Waals surface area contributed by atoms with Crippen molar-refractivity contribution in [1.29, 1.82) is 0 Å². The van der Waals surface area contributed by atoms with Gasteiger partial charge in [0.05, 0.1) is 11.3 Å². The number of para-hydroxylation sites is 1. The molecule has 2 aliphatic rings. The number of nitrogens with zero attached hydrogens (tertiary/aromatic N) is 2. The number of nitrogens with one attached hydrogen (secondary N) is 1. The lowest BCUT2D eigenvalue weighted by atomic mass is 9.81. The second-order valence-electron chi connectivity index (χ2n) is 7.81.